The summed E-state index contributed by atoms with van der Waals surface area (Å²) >= 11 is 1.24. The van der Waals surface area contributed by atoms with E-state index in [0.717, 1.165) is 16.2 Å². The van der Waals surface area contributed by atoms with Crippen molar-refractivity contribution in [2.45, 2.75) is 58.7 Å². The molecule has 0 aliphatic carbocycles. The number of nitrogens with zero attached hydrogens (tertiary/aromatic N) is 4. The quantitative estimate of drug-likeness (QED) is 0.241. The van der Waals surface area contributed by atoms with Crippen molar-refractivity contribution < 1.29 is 23.6 Å². The molecule has 0 spiro atoms. The predicted octanol–water partition coefficient (Wildman–Crippen LogP) is 1.87. The molecule has 0 saturated heterocycles. The average molecular weight is 691 g/mol. The van der Waals surface area contributed by atoms with Crippen molar-refractivity contribution in [2.24, 2.45) is 5.92 Å². The van der Waals surface area contributed by atoms with Crippen molar-refractivity contribution in [1.82, 2.24) is 40.4 Å². The van der Waals surface area contributed by atoms with Crippen molar-refractivity contribution in [2.75, 3.05) is 19.6 Å². The number of aromatic amines is 1. The van der Waals surface area contributed by atoms with Crippen LogP contribution in [0.4, 0.5) is 0 Å². The zero-order valence-electron chi connectivity index (χ0n) is 27.4. The molecule has 0 saturated carbocycles. The fraction of sp³-hybridized carbons (Fsp3) is 0.394. The van der Waals surface area contributed by atoms with Gasteiger partial charge in [0.1, 0.15) is 29.0 Å². The first-order valence-corrected chi connectivity index (χ1v) is 16.8. The first-order chi connectivity index (χ1) is 23.5. The second-order valence-corrected chi connectivity index (χ2v) is 12.9. The van der Waals surface area contributed by atoms with Gasteiger partial charge in [-0.1, -0.05) is 44.2 Å². The molecule has 16 heteroatoms. The van der Waals surface area contributed by atoms with Crippen LogP contribution in [0.2, 0.25) is 0 Å². The minimum absolute atomic E-state index is 0.0325. The number of fused-ring (bicyclic) bond motifs is 4. The molecule has 0 fully saturated rings. The number of carbonyl (C=O) groups is 4. The van der Waals surface area contributed by atoms with Gasteiger partial charge in [0.2, 0.25) is 17.7 Å². The van der Waals surface area contributed by atoms with Crippen LogP contribution in [0.25, 0.3) is 0 Å². The van der Waals surface area contributed by atoms with Gasteiger partial charge in [0.15, 0.2) is 5.69 Å². The summed E-state index contributed by atoms with van der Waals surface area (Å²) in [6.45, 7) is 5.42. The molecular formula is C33H38N8O7S. The van der Waals surface area contributed by atoms with Crippen LogP contribution in [-0.2, 0) is 22.6 Å². The molecule has 4 amide bonds. The second kappa shape index (κ2) is 15.7. The molecule has 258 valence electrons. The Labute approximate surface area is 285 Å². The van der Waals surface area contributed by atoms with Crippen molar-refractivity contribution in [1.29, 1.82) is 0 Å². The maximum absolute atomic E-state index is 13.5. The number of nitrogens with one attached hydrogen (secondary N) is 4. The zero-order chi connectivity index (χ0) is 35.1. The van der Waals surface area contributed by atoms with E-state index in [2.05, 4.69) is 30.9 Å². The van der Waals surface area contributed by atoms with Crippen LogP contribution >= 0.6 is 11.3 Å². The molecule has 4 N–H and O–H groups in total. The fourth-order valence-electron chi connectivity index (χ4n) is 5.35. The summed E-state index contributed by atoms with van der Waals surface area (Å²) < 4.78 is 7.05. The summed E-state index contributed by atoms with van der Waals surface area (Å²) in [5.74, 6) is -1.34. The van der Waals surface area contributed by atoms with E-state index >= 15 is 0 Å². The molecule has 4 heterocycles. The number of aryl methyl sites for hydroxylation is 1. The number of aromatic nitrogens is 4. The van der Waals surface area contributed by atoms with Gasteiger partial charge in [-0.15, -0.1) is 11.3 Å². The van der Waals surface area contributed by atoms with Crippen LogP contribution < -0.4 is 27.2 Å². The number of H-pyrrole nitrogens is 1. The van der Waals surface area contributed by atoms with E-state index in [1.165, 1.54) is 22.4 Å². The lowest BCUT2D eigenvalue weighted by atomic mass is 10.0. The summed E-state index contributed by atoms with van der Waals surface area (Å²) in [5, 5.41) is 10.9. The lowest BCUT2D eigenvalue weighted by Gasteiger charge is -2.23. The highest BCUT2D eigenvalue weighted by atomic mass is 32.1. The highest BCUT2D eigenvalue weighted by molar-refractivity contribution is 7.09. The summed E-state index contributed by atoms with van der Waals surface area (Å²) in [6, 6.07) is 9.40. The van der Waals surface area contributed by atoms with Gasteiger partial charge in [0.25, 0.3) is 17.4 Å². The number of hydrogen-bond acceptors (Lipinski definition) is 10. The zero-order valence-corrected chi connectivity index (χ0v) is 28.2. The van der Waals surface area contributed by atoms with Crippen LogP contribution in [0, 0.1) is 12.8 Å². The second-order valence-electron chi connectivity index (χ2n) is 12.0. The highest BCUT2D eigenvalue weighted by Gasteiger charge is 2.29. The predicted molar refractivity (Wildman–Crippen MR) is 179 cm³/mol. The van der Waals surface area contributed by atoms with Crippen molar-refractivity contribution in [3.8, 4) is 0 Å². The molecule has 2 atom stereocenters. The van der Waals surface area contributed by atoms with E-state index in [0.29, 0.717) is 11.4 Å². The van der Waals surface area contributed by atoms with Gasteiger partial charge in [0, 0.05) is 50.1 Å². The number of rotatable bonds is 5. The van der Waals surface area contributed by atoms with Crippen LogP contribution in [0.3, 0.4) is 0 Å². The van der Waals surface area contributed by atoms with Gasteiger partial charge in [-0.05, 0) is 24.8 Å². The molecule has 49 heavy (non-hydrogen) atoms. The van der Waals surface area contributed by atoms with Crippen molar-refractivity contribution in [3.63, 3.8) is 0 Å². The lowest BCUT2D eigenvalue weighted by molar-refractivity contribution is -0.132. The Hall–Kier alpha value is -5.38. The van der Waals surface area contributed by atoms with E-state index in [-0.39, 0.29) is 73.9 Å². The fourth-order valence-corrected chi connectivity index (χ4v) is 6.37. The first kappa shape index (κ1) is 34.9. The monoisotopic (exact) mass is 690 g/mol. The van der Waals surface area contributed by atoms with Crippen LogP contribution in [0.15, 0.2) is 62.0 Å². The molecule has 4 aromatic rings. The van der Waals surface area contributed by atoms with Gasteiger partial charge in [-0.2, -0.15) is 0 Å². The normalized spacial score (nSPS) is 18.0. The first-order valence-electron chi connectivity index (χ1n) is 15.9. The SMILES string of the molecule is Cc1oc2nc1C(=O)N[C@@H](C(C)C)c1nc(cs1)C(=O)NCCN(C(=O)Cn1ccc(=O)[nH]c1=O)CCCC(=O)N[C@H]2Cc1ccccc1. The standard InChI is InChI=1S/C33H38N8O7S/c1-19(2)27-32-36-23(18-49-32)29(45)34-12-15-40(26(44)17-41-14-11-25(43)37-33(41)47)13-7-10-24(42)35-22(16-21-8-5-4-6-9-21)31-39-28(20(3)48-31)30(46)38-27/h4-6,8-9,11,14,18-19,22,27H,7,10,12-13,15-17H2,1-3H3,(H,34,45)(H,35,42)(H,38,46)(H,37,43,47)/t22-,27-/m0/s1. The molecular weight excluding hydrogens is 652 g/mol. The Balaban J connectivity index is 1.44. The Kier molecular flexibility index (Phi) is 11.2. The Morgan fingerprint density at radius 1 is 1.02 bits per heavy atom. The van der Waals surface area contributed by atoms with Gasteiger partial charge in [-0.3, -0.25) is 33.5 Å². The number of benzene rings is 1. The lowest BCUT2D eigenvalue weighted by Crippen LogP contribution is -2.43. The smallest absolute Gasteiger partial charge is 0.328 e. The van der Waals surface area contributed by atoms with E-state index in [1.807, 2.05) is 44.2 Å². The number of hydrogen-bond donors (Lipinski definition) is 4. The molecule has 4 bridgehead atoms. The maximum Gasteiger partial charge on any atom is 0.328 e. The molecule has 1 aliphatic heterocycles. The average Bonchev–Trinajstić information content (AvgIpc) is 3.71. The molecule has 1 aromatic carbocycles. The summed E-state index contributed by atoms with van der Waals surface area (Å²) in [5.41, 5.74) is -0.162. The topological polar surface area (TPSA) is 201 Å². The third-order valence-electron chi connectivity index (χ3n) is 7.97. The van der Waals surface area contributed by atoms with E-state index in [1.54, 1.807) is 12.3 Å². The van der Waals surface area contributed by atoms with Gasteiger partial charge in [-0.25, -0.2) is 14.8 Å². The third kappa shape index (κ3) is 8.95. The molecule has 5 rings (SSSR count). The van der Waals surface area contributed by atoms with Crippen LogP contribution in [-0.4, -0.2) is 67.7 Å². The Morgan fingerprint density at radius 2 is 1.80 bits per heavy atom. The maximum atomic E-state index is 13.5. The van der Waals surface area contributed by atoms with Crippen molar-refractivity contribution in [3.05, 3.63) is 102 Å². The van der Waals surface area contributed by atoms with E-state index in [4.69, 9.17) is 4.42 Å². The largest absolute Gasteiger partial charge is 0.443 e. The highest BCUT2D eigenvalue weighted by Crippen LogP contribution is 2.27. The van der Waals surface area contributed by atoms with Crippen LogP contribution in [0.1, 0.15) is 82.0 Å². The van der Waals surface area contributed by atoms with Crippen LogP contribution in [0.5, 0.6) is 0 Å². The van der Waals surface area contributed by atoms with Gasteiger partial charge in [0.05, 0.1) is 6.04 Å². The summed E-state index contributed by atoms with van der Waals surface area (Å²) in [6.07, 6.45) is 1.87. The number of amides is 4. The molecule has 0 unspecified atom stereocenters. The van der Waals surface area contributed by atoms with E-state index < -0.39 is 41.1 Å². The van der Waals surface area contributed by atoms with Gasteiger partial charge >= 0.3 is 5.69 Å². The summed E-state index contributed by atoms with van der Waals surface area (Å²) in [7, 11) is 0. The molecule has 0 radical (unpaired) electrons. The molecule has 15 nitrogen and oxygen atoms in total. The van der Waals surface area contributed by atoms with Gasteiger partial charge < -0.3 is 25.3 Å². The Bertz CT molecular complexity index is 1930. The minimum atomic E-state index is -0.730. The van der Waals surface area contributed by atoms with E-state index in [9.17, 15) is 28.8 Å². The number of thiazole rings is 1. The molecule has 1 aliphatic rings. The third-order valence-corrected chi connectivity index (χ3v) is 8.90. The Morgan fingerprint density at radius 3 is 2.53 bits per heavy atom. The summed E-state index contributed by atoms with van der Waals surface area (Å²) in [4.78, 5) is 89.5. The van der Waals surface area contributed by atoms with Crippen molar-refractivity contribution >= 4 is 35.0 Å². The number of carbonyl (C=O) groups excluding carboxylic acids is 4. The number of oxazole rings is 1. The minimum Gasteiger partial charge on any atom is -0.443 e. The molecule has 3 aromatic heterocycles.